The first-order chi connectivity index (χ1) is 8.97. The summed E-state index contributed by atoms with van der Waals surface area (Å²) in [5.41, 5.74) is 0.697. The molecule has 104 valence electrons. The van der Waals surface area contributed by atoms with E-state index in [1.54, 1.807) is 18.2 Å². The van der Waals surface area contributed by atoms with Crippen LogP contribution in [0.5, 0.6) is 0 Å². The van der Waals surface area contributed by atoms with Crippen LogP contribution in [0.3, 0.4) is 0 Å². The van der Waals surface area contributed by atoms with Crippen LogP contribution in [-0.4, -0.2) is 36.1 Å². The molecule has 0 aliphatic carbocycles. The highest BCUT2D eigenvalue weighted by atomic mass is 35.5. The molecule has 0 saturated carbocycles. The maximum absolute atomic E-state index is 12.3. The lowest BCUT2D eigenvalue weighted by molar-refractivity contribution is -0.142. The van der Waals surface area contributed by atoms with Crippen LogP contribution >= 0.6 is 23.2 Å². The van der Waals surface area contributed by atoms with Crippen molar-refractivity contribution < 1.29 is 9.53 Å². The molecule has 2 atom stereocenters. The Hall–Kier alpha value is -0.770. The van der Waals surface area contributed by atoms with Gasteiger partial charge in [0.25, 0.3) is 0 Å². The smallest absolute Gasteiger partial charge is 0.227 e. The van der Waals surface area contributed by atoms with Crippen LogP contribution in [0.2, 0.25) is 10.0 Å². The molecule has 1 aliphatic rings. The summed E-state index contributed by atoms with van der Waals surface area (Å²) >= 11 is 12.2. The second-order valence-electron chi connectivity index (χ2n) is 4.93. The molecule has 0 unspecified atom stereocenters. The van der Waals surface area contributed by atoms with Gasteiger partial charge in [-0.05, 0) is 31.5 Å². The third-order valence-corrected chi connectivity index (χ3v) is 3.87. The van der Waals surface area contributed by atoms with Gasteiger partial charge in [-0.25, -0.2) is 0 Å². The summed E-state index contributed by atoms with van der Waals surface area (Å²) in [5.74, 6) is 0.0389. The number of carbonyl (C=O) groups is 1. The van der Waals surface area contributed by atoms with E-state index in [1.807, 2.05) is 18.7 Å². The maximum Gasteiger partial charge on any atom is 0.227 e. The summed E-state index contributed by atoms with van der Waals surface area (Å²) in [6.45, 7) is 5.17. The van der Waals surface area contributed by atoms with Gasteiger partial charge in [0.05, 0.1) is 18.6 Å². The van der Waals surface area contributed by atoms with Crippen molar-refractivity contribution in [1.29, 1.82) is 0 Å². The van der Waals surface area contributed by atoms with E-state index in [9.17, 15) is 4.79 Å². The molecule has 1 saturated heterocycles. The zero-order valence-electron chi connectivity index (χ0n) is 11.0. The molecule has 1 aromatic carbocycles. The highest BCUT2D eigenvalue weighted by Crippen LogP contribution is 2.25. The number of hydrogen-bond acceptors (Lipinski definition) is 2. The summed E-state index contributed by atoms with van der Waals surface area (Å²) in [7, 11) is 0. The summed E-state index contributed by atoms with van der Waals surface area (Å²) in [6.07, 6.45) is 0.363. The van der Waals surface area contributed by atoms with Crippen LogP contribution in [0, 0.1) is 0 Å². The van der Waals surface area contributed by atoms with Crippen LogP contribution in [0.1, 0.15) is 19.4 Å². The Morgan fingerprint density at radius 1 is 1.26 bits per heavy atom. The van der Waals surface area contributed by atoms with E-state index in [2.05, 4.69) is 0 Å². The monoisotopic (exact) mass is 301 g/mol. The van der Waals surface area contributed by atoms with E-state index in [4.69, 9.17) is 27.9 Å². The fourth-order valence-corrected chi connectivity index (χ4v) is 2.88. The normalized spacial score (nSPS) is 23.5. The molecule has 0 N–H and O–H groups in total. The van der Waals surface area contributed by atoms with E-state index in [0.717, 1.165) is 0 Å². The topological polar surface area (TPSA) is 29.5 Å². The predicted octanol–water partition coefficient (Wildman–Crippen LogP) is 3.17. The third-order valence-electron chi connectivity index (χ3n) is 3.16. The van der Waals surface area contributed by atoms with Crippen LogP contribution in [-0.2, 0) is 16.0 Å². The quantitative estimate of drug-likeness (QED) is 0.840. The van der Waals surface area contributed by atoms with E-state index in [-0.39, 0.29) is 24.5 Å². The Kier molecular flexibility index (Phi) is 4.71. The average Bonchev–Trinajstić information content (AvgIpc) is 2.32. The van der Waals surface area contributed by atoms with Crippen LogP contribution < -0.4 is 0 Å². The summed E-state index contributed by atoms with van der Waals surface area (Å²) in [5, 5.41) is 1.07. The molecule has 1 aromatic rings. The van der Waals surface area contributed by atoms with Gasteiger partial charge in [0, 0.05) is 23.1 Å². The van der Waals surface area contributed by atoms with Gasteiger partial charge in [-0.3, -0.25) is 4.79 Å². The molecule has 19 heavy (non-hydrogen) atoms. The van der Waals surface area contributed by atoms with Crippen molar-refractivity contribution in [2.24, 2.45) is 0 Å². The Morgan fingerprint density at radius 3 is 2.32 bits per heavy atom. The van der Waals surface area contributed by atoms with E-state index >= 15 is 0 Å². The number of halogens is 2. The number of rotatable bonds is 2. The molecule has 1 heterocycles. The minimum absolute atomic E-state index is 0.0389. The SMILES string of the molecule is C[C@@H]1CN(C(=O)Cc2c(Cl)cccc2Cl)C[C@H](C)O1. The van der Waals surface area contributed by atoms with Gasteiger partial charge in [0.15, 0.2) is 0 Å². The summed E-state index contributed by atoms with van der Waals surface area (Å²) in [4.78, 5) is 14.1. The van der Waals surface area contributed by atoms with Crippen molar-refractivity contribution in [3.05, 3.63) is 33.8 Å². The van der Waals surface area contributed by atoms with Crippen molar-refractivity contribution in [1.82, 2.24) is 4.90 Å². The van der Waals surface area contributed by atoms with Crippen molar-refractivity contribution in [3.63, 3.8) is 0 Å². The van der Waals surface area contributed by atoms with Gasteiger partial charge in [-0.15, -0.1) is 0 Å². The molecule has 3 nitrogen and oxygen atoms in total. The number of morpholine rings is 1. The fourth-order valence-electron chi connectivity index (χ4n) is 2.35. The number of amides is 1. The van der Waals surface area contributed by atoms with Crippen LogP contribution in [0.15, 0.2) is 18.2 Å². The molecule has 0 radical (unpaired) electrons. The van der Waals surface area contributed by atoms with Crippen LogP contribution in [0.4, 0.5) is 0 Å². The lowest BCUT2D eigenvalue weighted by Crippen LogP contribution is -2.48. The second-order valence-corrected chi connectivity index (χ2v) is 5.75. The molecule has 0 aromatic heterocycles. The fraction of sp³-hybridized carbons (Fsp3) is 0.500. The van der Waals surface area contributed by atoms with Gasteiger partial charge in [-0.1, -0.05) is 29.3 Å². The molecule has 1 aliphatic heterocycles. The highest BCUT2D eigenvalue weighted by Gasteiger charge is 2.26. The first-order valence-corrected chi connectivity index (χ1v) is 7.09. The average molecular weight is 302 g/mol. The predicted molar refractivity (Wildman–Crippen MR) is 76.8 cm³/mol. The third kappa shape index (κ3) is 3.62. The Balaban J connectivity index is 2.08. The lowest BCUT2D eigenvalue weighted by Gasteiger charge is -2.35. The van der Waals surface area contributed by atoms with Crippen molar-refractivity contribution >= 4 is 29.1 Å². The van der Waals surface area contributed by atoms with Gasteiger partial charge in [0.2, 0.25) is 5.91 Å². The minimum Gasteiger partial charge on any atom is -0.372 e. The Bertz CT molecular complexity index is 448. The van der Waals surface area contributed by atoms with Crippen molar-refractivity contribution in [2.75, 3.05) is 13.1 Å². The number of hydrogen-bond donors (Lipinski definition) is 0. The van der Waals surface area contributed by atoms with Gasteiger partial charge < -0.3 is 9.64 Å². The molecular weight excluding hydrogens is 285 g/mol. The first kappa shape index (κ1) is 14.6. The summed E-state index contributed by atoms with van der Waals surface area (Å²) in [6, 6.07) is 5.28. The van der Waals surface area contributed by atoms with E-state index in [1.165, 1.54) is 0 Å². The molecule has 2 rings (SSSR count). The van der Waals surface area contributed by atoms with Crippen LogP contribution in [0.25, 0.3) is 0 Å². The molecule has 0 bridgehead atoms. The minimum atomic E-state index is 0.0389. The first-order valence-electron chi connectivity index (χ1n) is 6.33. The zero-order chi connectivity index (χ0) is 14.0. The van der Waals surface area contributed by atoms with Gasteiger partial charge in [0.1, 0.15) is 0 Å². The van der Waals surface area contributed by atoms with Gasteiger partial charge >= 0.3 is 0 Å². The largest absolute Gasteiger partial charge is 0.372 e. The maximum atomic E-state index is 12.3. The van der Waals surface area contributed by atoms with Crippen molar-refractivity contribution in [2.45, 2.75) is 32.5 Å². The standard InChI is InChI=1S/C14H17Cl2NO2/c1-9-7-17(8-10(2)19-9)14(18)6-11-12(15)4-3-5-13(11)16/h3-5,9-10H,6-8H2,1-2H3/t9-,10+. The molecule has 1 amide bonds. The lowest BCUT2D eigenvalue weighted by atomic mass is 10.1. The number of ether oxygens (including phenoxy) is 1. The Morgan fingerprint density at radius 2 is 1.79 bits per heavy atom. The second kappa shape index (κ2) is 6.12. The number of benzene rings is 1. The highest BCUT2D eigenvalue weighted by molar-refractivity contribution is 6.36. The molecule has 5 heteroatoms. The molecular formula is C14H17Cl2NO2. The van der Waals surface area contributed by atoms with E-state index in [0.29, 0.717) is 28.7 Å². The summed E-state index contributed by atoms with van der Waals surface area (Å²) < 4.78 is 5.62. The number of nitrogens with zero attached hydrogens (tertiary/aromatic N) is 1. The zero-order valence-corrected chi connectivity index (χ0v) is 12.5. The van der Waals surface area contributed by atoms with E-state index < -0.39 is 0 Å². The van der Waals surface area contributed by atoms with Gasteiger partial charge in [-0.2, -0.15) is 0 Å². The Labute approximate surface area is 123 Å². The van der Waals surface area contributed by atoms with Crippen molar-refractivity contribution in [3.8, 4) is 0 Å². The molecule has 0 spiro atoms. The number of carbonyl (C=O) groups excluding carboxylic acids is 1. The molecule has 1 fully saturated rings.